The maximum Gasteiger partial charge on any atom is 0.249 e. The molecule has 0 fully saturated rings. The second-order valence-corrected chi connectivity index (χ2v) is 3.92. The first kappa shape index (κ1) is 9.78. The summed E-state index contributed by atoms with van der Waals surface area (Å²) in [5.74, 6) is -0.423. The van der Waals surface area contributed by atoms with Crippen LogP contribution in [0.2, 0.25) is 0 Å². The number of amides is 1. The molecule has 17 heavy (non-hydrogen) atoms. The van der Waals surface area contributed by atoms with E-state index in [9.17, 15) is 4.79 Å². The summed E-state index contributed by atoms with van der Waals surface area (Å²) >= 11 is 0. The summed E-state index contributed by atoms with van der Waals surface area (Å²) in [4.78, 5) is 15.9. The number of nitrogens with zero attached hydrogens (tertiary/aromatic N) is 1. The van der Waals surface area contributed by atoms with Gasteiger partial charge in [-0.15, -0.1) is 0 Å². The zero-order chi connectivity index (χ0) is 11.8. The van der Waals surface area contributed by atoms with Crippen LogP contribution >= 0.6 is 0 Å². The molecule has 3 nitrogen and oxygen atoms in total. The van der Waals surface area contributed by atoms with Gasteiger partial charge in [0.15, 0.2) is 0 Å². The lowest BCUT2D eigenvalue weighted by atomic mass is 10.1. The van der Waals surface area contributed by atoms with E-state index in [1.165, 1.54) is 0 Å². The van der Waals surface area contributed by atoms with Crippen molar-refractivity contribution in [1.82, 2.24) is 4.98 Å². The molecule has 3 aromatic rings. The fraction of sp³-hybridized carbons (Fsp3) is 0. The summed E-state index contributed by atoms with van der Waals surface area (Å²) < 4.78 is 0. The van der Waals surface area contributed by atoms with E-state index in [0.29, 0.717) is 5.56 Å². The minimum absolute atomic E-state index is 0.423. The molecule has 0 saturated heterocycles. The quantitative estimate of drug-likeness (QED) is 0.643. The smallest absolute Gasteiger partial charge is 0.249 e. The van der Waals surface area contributed by atoms with Gasteiger partial charge in [0, 0.05) is 16.3 Å². The van der Waals surface area contributed by atoms with Gasteiger partial charge in [-0.1, -0.05) is 24.3 Å². The van der Waals surface area contributed by atoms with Crippen LogP contribution in [0, 0.1) is 0 Å². The predicted molar refractivity (Wildman–Crippen MR) is 67.8 cm³/mol. The van der Waals surface area contributed by atoms with E-state index in [2.05, 4.69) is 4.98 Å². The molecule has 0 aliphatic heterocycles. The van der Waals surface area contributed by atoms with Gasteiger partial charge >= 0.3 is 0 Å². The van der Waals surface area contributed by atoms with Crippen LogP contribution in [0.4, 0.5) is 0 Å². The second kappa shape index (κ2) is 3.56. The van der Waals surface area contributed by atoms with Gasteiger partial charge < -0.3 is 5.73 Å². The Bertz CT molecular complexity index is 734. The fourth-order valence-corrected chi connectivity index (χ4v) is 2.01. The number of primary amides is 1. The van der Waals surface area contributed by atoms with Gasteiger partial charge in [-0.05, 0) is 24.3 Å². The molecule has 1 aromatic heterocycles. The summed E-state index contributed by atoms with van der Waals surface area (Å²) in [6, 6.07) is 15.2. The van der Waals surface area contributed by atoms with Crippen molar-refractivity contribution >= 4 is 27.7 Å². The molecule has 3 rings (SSSR count). The van der Waals surface area contributed by atoms with Crippen molar-refractivity contribution in [1.29, 1.82) is 0 Å². The van der Waals surface area contributed by atoms with Gasteiger partial charge in [-0.2, -0.15) is 0 Å². The highest BCUT2D eigenvalue weighted by Crippen LogP contribution is 2.22. The van der Waals surface area contributed by atoms with E-state index >= 15 is 0 Å². The minimum atomic E-state index is -0.423. The molecular formula is C14H10N2O. The van der Waals surface area contributed by atoms with Crippen LogP contribution in [-0.4, -0.2) is 10.9 Å². The Morgan fingerprint density at radius 2 is 1.76 bits per heavy atom. The van der Waals surface area contributed by atoms with Crippen molar-refractivity contribution < 1.29 is 4.79 Å². The van der Waals surface area contributed by atoms with Crippen LogP contribution in [0.5, 0.6) is 0 Å². The van der Waals surface area contributed by atoms with Crippen molar-refractivity contribution in [3.05, 3.63) is 54.1 Å². The number of aromatic nitrogens is 1. The van der Waals surface area contributed by atoms with Crippen LogP contribution < -0.4 is 5.73 Å². The Morgan fingerprint density at radius 1 is 1.00 bits per heavy atom. The van der Waals surface area contributed by atoms with Crippen LogP contribution in [0.15, 0.2) is 48.5 Å². The van der Waals surface area contributed by atoms with E-state index in [1.54, 1.807) is 12.1 Å². The second-order valence-electron chi connectivity index (χ2n) is 3.92. The maximum absolute atomic E-state index is 11.3. The number of carbonyl (C=O) groups excluding carboxylic acids is 1. The molecule has 0 saturated carbocycles. The van der Waals surface area contributed by atoms with E-state index in [0.717, 1.165) is 21.8 Å². The Kier molecular flexibility index (Phi) is 2.05. The highest BCUT2D eigenvalue weighted by molar-refractivity contribution is 6.07. The Morgan fingerprint density at radius 3 is 2.59 bits per heavy atom. The highest BCUT2D eigenvalue weighted by Gasteiger charge is 2.07. The Balaban J connectivity index is 2.47. The van der Waals surface area contributed by atoms with Gasteiger partial charge in [-0.25, -0.2) is 4.98 Å². The van der Waals surface area contributed by atoms with Crippen molar-refractivity contribution in [3.8, 4) is 0 Å². The standard InChI is InChI=1S/C14H10N2O/c15-14(17)10-5-3-7-13-11(10)8-9-4-1-2-6-12(9)16-13/h1-8H,(H2,15,17). The number of carbonyl (C=O) groups is 1. The first-order chi connectivity index (χ1) is 8.25. The summed E-state index contributed by atoms with van der Waals surface area (Å²) in [5.41, 5.74) is 7.58. The third kappa shape index (κ3) is 1.52. The van der Waals surface area contributed by atoms with Gasteiger partial charge in [-0.3, -0.25) is 4.79 Å². The topological polar surface area (TPSA) is 56.0 Å². The number of hydrogen-bond acceptors (Lipinski definition) is 2. The Labute approximate surface area is 97.9 Å². The molecular weight excluding hydrogens is 212 g/mol. The van der Waals surface area contributed by atoms with Gasteiger partial charge in [0.05, 0.1) is 11.0 Å². The summed E-state index contributed by atoms with van der Waals surface area (Å²) in [6.45, 7) is 0. The first-order valence-electron chi connectivity index (χ1n) is 5.34. The van der Waals surface area contributed by atoms with Crippen LogP contribution in [0.3, 0.4) is 0 Å². The normalized spacial score (nSPS) is 10.8. The van der Waals surface area contributed by atoms with E-state index in [1.807, 2.05) is 36.4 Å². The molecule has 0 bridgehead atoms. The van der Waals surface area contributed by atoms with Crippen LogP contribution in [-0.2, 0) is 0 Å². The summed E-state index contributed by atoms with van der Waals surface area (Å²) in [6.07, 6.45) is 0. The van der Waals surface area contributed by atoms with Gasteiger partial charge in [0.2, 0.25) is 5.91 Å². The minimum Gasteiger partial charge on any atom is -0.366 e. The van der Waals surface area contributed by atoms with Crippen molar-refractivity contribution in [2.24, 2.45) is 5.73 Å². The lowest BCUT2D eigenvalue weighted by Crippen LogP contribution is -2.11. The van der Waals surface area contributed by atoms with Crippen LogP contribution in [0.25, 0.3) is 21.8 Å². The van der Waals surface area contributed by atoms with Gasteiger partial charge in [0.1, 0.15) is 0 Å². The molecule has 1 heterocycles. The number of benzene rings is 2. The van der Waals surface area contributed by atoms with Crippen molar-refractivity contribution in [2.75, 3.05) is 0 Å². The van der Waals surface area contributed by atoms with E-state index < -0.39 is 5.91 Å². The lowest BCUT2D eigenvalue weighted by molar-refractivity contribution is 0.100. The number of rotatable bonds is 1. The summed E-state index contributed by atoms with van der Waals surface area (Å²) in [7, 11) is 0. The molecule has 0 atom stereocenters. The molecule has 2 N–H and O–H groups in total. The molecule has 0 aliphatic rings. The number of para-hydroxylation sites is 1. The molecule has 0 radical (unpaired) electrons. The monoisotopic (exact) mass is 222 g/mol. The highest BCUT2D eigenvalue weighted by atomic mass is 16.1. The third-order valence-corrected chi connectivity index (χ3v) is 2.83. The number of hydrogen-bond donors (Lipinski definition) is 1. The zero-order valence-electron chi connectivity index (χ0n) is 9.05. The average Bonchev–Trinajstić information content (AvgIpc) is 2.35. The molecule has 3 heteroatoms. The molecule has 0 spiro atoms. The Hall–Kier alpha value is -2.42. The number of pyridine rings is 1. The van der Waals surface area contributed by atoms with E-state index in [4.69, 9.17) is 5.73 Å². The zero-order valence-corrected chi connectivity index (χ0v) is 9.05. The predicted octanol–water partition coefficient (Wildman–Crippen LogP) is 2.49. The SMILES string of the molecule is NC(=O)c1cccc2nc3ccccc3cc12. The third-order valence-electron chi connectivity index (χ3n) is 2.83. The van der Waals surface area contributed by atoms with Crippen molar-refractivity contribution in [2.45, 2.75) is 0 Å². The lowest BCUT2D eigenvalue weighted by Gasteiger charge is -2.04. The fourth-order valence-electron chi connectivity index (χ4n) is 2.01. The molecule has 82 valence electrons. The van der Waals surface area contributed by atoms with Crippen molar-refractivity contribution in [3.63, 3.8) is 0 Å². The molecule has 0 unspecified atom stereocenters. The van der Waals surface area contributed by atoms with E-state index in [-0.39, 0.29) is 0 Å². The summed E-state index contributed by atoms with van der Waals surface area (Å²) in [5, 5.41) is 1.81. The molecule has 2 aromatic carbocycles. The largest absolute Gasteiger partial charge is 0.366 e. The van der Waals surface area contributed by atoms with Gasteiger partial charge in [0.25, 0.3) is 0 Å². The molecule has 0 aliphatic carbocycles. The maximum atomic E-state index is 11.3. The number of nitrogens with two attached hydrogens (primary N) is 1. The first-order valence-corrected chi connectivity index (χ1v) is 5.34. The van der Waals surface area contributed by atoms with Crippen LogP contribution in [0.1, 0.15) is 10.4 Å². The average molecular weight is 222 g/mol. The number of fused-ring (bicyclic) bond motifs is 2. The molecule has 1 amide bonds.